The minimum absolute atomic E-state index is 0.0290. The number of nitrogens with zero attached hydrogens (tertiary/aromatic N) is 1. The third-order valence-corrected chi connectivity index (χ3v) is 3.75. The van der Waals surface area contributed by atoms with Crippen molar-refractivity contribution in [3.63, 3.8) is 0 Å². The maximum atomic E-state index is 13.8. The molecule has 2 aromatic rings. The van der Waals surface area contributed by atoms with Gasteiger partial charge >= 0.3 is 6.03 Å². The second-order valence-corrected chi connectivity index (χ2v) is 6.34. The van der Waals surface area contributed by atoms with Crippen molar-refractivity contribution >= 4 is 29.0 Å². The zero-order chi connectivity index (χ0) is 19.8. The van der Waals surface area contributed by atoms with E-state index >= 15 is 0 Å². The van der Waals surface area contributed by atoms with E-state index in [0.29, 0.717) is 18.8 Å². The number of rotatable bonds is 7. The van der Waals surface area contributed by atoms with Gasteiger partial charge in [-0.1, -0.05) is 13.8 Å². The molecular weight excluding hydrogens is 349 g/mol. The average molecular weight is 373 g/mol. The van der Waals surface area contributed by atoms with Crippen molar-refractivity contribution in [2.45, 2.75) is 20.8 Å². The van der Waals surface area contributed by atoms with Crippen LogP contribution in [-0.2, 0) is 4.79 Å². The van der Waals surface area contributed by atoms with Crippen LogP contribution in [-0.4, -0.2) is 30.0 Å². The summed E-state index contributed by atoms with van der Waals surface area (Å²) < 4.78 is 13.8. The van der Waals surface area contributed by atoms with Crippen molar-refractivity contribution in [2.75, 3.05) is 29.0 Å². The molecule has 1 aromatic carbocycles. The topological polar surface area (TPSA) is 95.2 Å². The summed E-state index contributed by atoms with van der Waals surface area (Å²) in [5.74, 6) is -1.14. The molecule has 1 heterocycles. The van der Waals surface area contributed by atoms with Crippen LogP contribution in [0.3, 0.4) is 0 Å². The molecule has 0 spiro atoms. The summed E-state index contributed by atoms with van der Waals surface area (Å²) in [6.07, 6.45) is 3.45. The maximum absolute atomic E-state index is 13.8. The summed E-state index contributed by atoms with van der Waals surface area (Å²) in [5, 5.41) is 11.0. The van der Waals surface area contributed by atoms with E-state index in [1.807, 2.05) is 13.0 Å². The summed E-state index contributed by atoms with van der Waals surface area (Å²) in [6.45, 7) is 6.30. The molecule has 0 aliphatic rings. The normalized spacial score (nSPS) is 10.4. The van der Waals surface area contributed by atoms with Crippen LogP contribution >= 0.6 is 0 Å². The number of nitrogens with one attached hydrogen (secondary N) is 4. The van der Waals surface area contributed by atoms with E-state index in [1.165, 1.54) is 18.2 Å². The maximum Gasteiger partial charge on any atom is 0.319 e. The Kier molecular flexibility index (Phi) is 7.10. The lowest BCUT2D eigenvalue weighted by atomic mass is 10.2. The van der Waals surface area contributed by atoms with Gasteiger partial charge in [-0.05, 0) is 36.8 Å². The number of hydrogen-bond donors (Lipinski definition) is 4. The molecule has 0 saturated carbocycles. The van der Waals surface area contributed by atoms with Crippen LogP contribution in [0.5, 0.6) is 0 Å². The Bertz CT molecular complexity index is 810. The van der Waals surface area contributed by atoms with Crippen molar-refractivity contribution < 1.29 is 14.0 Å². The fourth-order valence-corrected chi connectivity index (χ4v) is 2.20. The Morgan fingerprint density at radius 3 is 2.59 bits per heavy atom. The monoisotopic (exact) mass is 373 g/mol. The molecule has 27 heavy (non-hydrogen) atoms. The number of aryl methyl sites for hydroxylation is 1. The van der Waals surface area contributed by atoms with E-state index < -0.39 is 11.8 Å². The second kappa shape index (κ2) is 9.51. The van der Waals surface area contributed by atoms with Crippen LogP contribution in [0.1, 0.15) is 19.4 Å². The van der Waals surface area contributed by atoms with Crippen molar-refractivity contribution in [2.24, 2.45) is 5.92 Å². The van der Waals surface area contributed by atoms with E-state index in [0.717, 1.165) is 11.3 Å². The Balaban J connectivity index is 1.83. The molecule has 0 aliphatic carbocycles. The van der Waals surface area contributed by atoms with E-state index in [9.17, 15) is 14.0 Å². The molecule has 2 rings (SSSR count). The SMILES string of the molecule is Cc1cnccc1NCCNC(=O)Nc1ccc(F)c(NC(=O)C(C)C)c1. The van der Waals surface area contributed by atoms with E-state index in [1.54, 1.807) is 26.2 Å². The van der Waals surface area contributed by atoms with Gasteiger partial charge in [-0.25, -0.2) is 9.18 Å². The van der Waals surface area contributed by atoms with Gasteiger partial charge in [0, 0.05) is 42.8 Å². The lowest BCUT2D eigenvalue weighted by molar-refractivity contribution is -0.118. The van der Waals surface area contributed by atoms with Crippen molar-refractivity contribution in [1.82, 2.24) is 10.3 Å². The Morgan fingerprint density at radius 2 is 1.89 bits per heavy atom. The van der Waals surface area contributed by atoms with E-state index in [4.69, 9.17) is 0 Å². The molecule has 4 N–H and O–H groups in total. The standard InChI is InChI=1S/C19H24FN5O2/c1-12(2)18(26)25-17-10-14(4-5-15(17)20)24-19(27)23-9-8-22-16-6-7-21-11-13(16)3/h4-7,10-12H,8-9H2,1-3H3,(H,21,22)(H,25,26)(H2,23,24,27). The van der Waals surface area contributed by atoms with Gasteiger partial charge < -0.3 is 21.3 Å². The van der Waals surface area contributed by atoms with Gasteiger partial charge in [0.2, 0.25) is 5.91 Å². The van der Waals surface area contributed by atoms with Gasteiger partial charge in [0.1, 0.15) is 5.82 Å². The highest BCUT2D eigenvalue weighted by atomic mass is 19.1. The van der Waals surface area contributed by atoms with Crippen molar-refractivity contribution in [3.8, 4) is 0 Å². The van der Waals surface area contributed by atoms with Crippen LogP contribution in [0.15, 0.2) is 36.7 Å². The molecule has 0 aliphatic heterocycles. The third kappa shape index (κ3) is 6.25. The number of carbonyl (C=O) groups excluding carboxylic acids is 2. The molecule has 0 atom stereocenters. The summed E-state index contributed by atoms with van der Waals surface area (Å²) in [5.41, 5.74) is 2.38. The molecule has 3 amide bonds. The first-order valence-electron chi connectivity index (χ1n) is 8.66. The predicted molar refractivity (Wildman–Crippen MR) is 104 cm³/mol. The lowest BCUT2D eigenvalue weighted by Crippen LogP contribution is -2.32. The highest BCUT2D eigenvalue weighted by molar-refractivity contribution is 5.94. The van der Waals surface area contributed by atoms with Gasteiger partial charge in [-0.2, -0.15) is 0 Å². The molecule has 0 saturated heterocycles. The van der Waals surface area contributed by atoms with Crippen LogP contribution in [0, 0.1) is 18.7 Å². The van der Waals surface area contributed by atoms with Crippen LogP contribution < -0.4 is 21.3 Å². The number of carbonyl (C=O) groups is 2. The first-order valence-corrected chi connectivity index (χ1v) is 8.66. The van der Waals surface area contributed by atoms with Gasteiger partial charge in [-0.15, -0.1) is 0 Å². The Hall–Kier alpha value is -3.16. The number of pyridine rings is 1. The van der Waals surface area contributed by atoms with Crippen molar-refractivity contribution in [1.29, 1.82) is 0 Å². The second-order valence-electron chi connectivity index (χ2n) is 6.34. The molecule has 1 aromatic heterocycles. The smallest absolute Gasteiger partial charge is 0.319 e. The molecule has 7 nitrogen and oxygen atoms in total. The first-order chi connectivity index (χ1) is 12.9. The minimum atomic E-state index is -0.563. The Morgan fingerprint density at radius 1 is 1.11 bits per heavy atom. The number of aromatic nitrogens is 1. The largest absolute Gasteiger partial charge is 0.383 e. The van der Waals surface area contributed by atoms with Gasteiger partial charge in [0.25, 0.3) is 0 Å². The number of urea groups is 1. The van der Waals surface area contributed by atoms with Gasteiger partial charge in [0.05, 0.1) is 5.69 Å². The summed E-state index contributed by atoms with van der Waals surface area (Å²) >= 11 is 0. The van der Waals surface area contributed by atoms with Crippen molar-refractivity contribution in [3.05, 3.63) is 48.0 Å². The van der Waals surface area contributed by atoms with Gasteiger partial charge in [0.15, 0.2) is 0 Å². The fourth-order valence-electron chi connectivity index (χ4n) is 2.20. The van der Waals surface area contributed by atoms with E-state index in [2.05, 4.69) is 26.3 Å². The summed E-state index contributed by atoms with van der Waals surface area (Å²) in [6, 6.07) is 5.45. The lowest BCUT2D eigenvalue weighted by Gasteiger charge is -2.12. The zero-order valence-corrected chi connectivity index (χ0v) is 15.6. The Labute approximate surface area is 157 Å². The third-order valence-electron chi connectivity index (χ3n) is 3.75. The molecule has 0 fully saturated rings. The summed E-state index contributed by atoms with van der Waals surface area (Å²) in [4.78, 5) is 27.7. The number of hydrogen-bond acceptors (Lipinski definition) is 4. The fraction of sp³-hybridized carbons (Fsp3) is 0.316. The molecule has 8 heteroatoms. The highest BCUT2D eigenvalue weighted by Gasteiger charge is 2.12. The number of halogens is 1. The highest BCUT2D eigenvalue weighted by Crippen LogP contribution is 2.20. The van der Waals surface area contributed by atoms with Crippen LogP contribution in [0.4, 0.5) is 26.2 Å². The molecular formula is C19H24FN5O2. The number of anilines is 3. The average Bonchev–Trinajstić information content (AvgIpc) is 2.62. The van der Waals surface area contributed by atoms with Crippen LogP contribution in [0.25, 0.3) is 0 Å². The summed E-state index contributed by atoms with van der Waals surface area (Å²) in [7, 11) is 0. The molecule has 144 valence electrons. The molecule has 0 bridgehead atoms. The zero-order valence-electron chi connectivity index (χ0n) is 15.6. The number of benzene rings is 1. The first kappa shape index (κ1) is 20.2. The molecule has 0 unspecified atom stereocenters. The quantitative estimate of drug-likeness (QED) is 0.560. The van der Waals surface area contributed by atoms with Crippen LogP contribution in [0.2, 0.25) is 0 Å². The number of amides is 3. The minimum Gasteiger partial charge on any atom is -0.383 e. The van der Waals surface area contributed by atoms with E-state index in [-0.39, 0.29) is 17.5 Å². The predicted octanol–water partition coefficient (Wildman–Crippen LogP) is 3.36. The molecule has 0 radical (unpaired) electrons. The van der Waals surface area contributed by atoms with Gasteiger partial charge in [-0.3, -0.25) is 9.78 Å².